The van der Waals surface area contributed by atoms with Crippen LogP contribution in [0.2, 0.25) is 0 Å². The molecule has 0 radical (unpaired) electrons. The molecule has 20 heavy (non-hydrogen) atoms. The Morgan fingerprint density at radius 3 is 2.70 bits per heavy atom. The van der Waals surface area contributed by atoms with E-state index in [1.54, 1.807) is 0 Å². The van der Waals surface area contributed by atoms with Crippen LogP contribution in [0.25, 0.3) is 0 Å². The van der Waals surface area contributed by atoms with Gasteiger partial charge in [-0.15, -0.1) is 0 Å². The third-order valence-electron chi connectivity index (χ3n) is 4.07. The second-order valence-corrected chi connectivity index (χ2v) is 6.07. The van der Waals surface area contributed by atoms with Crippen LogP contribution in [0.15, 0.2) is 18.2 Å². The average Bonchev–Trinajstić information content (AvgIpc) is 2.43. The molecule has 1 N–H and O–H groups in total. The van der Waals surface area contributed by atoms with Crippen molar-refractivity contribution in [2.24, 2.45) is 5.92 Å². The van der Waals surface area contributed by atoms with E-state index in [2.05, 4.69) is 44.3 Å². The molecule has 3 nitrogen and oxygen atoms in total. The molecule has 0 spiro atoms. The van der Waals surface area contributed by atoms with Crippen LogP contribution in [0.4, 0.5) is 0 Å². The van der Waals surface area contributed by atoms with Crippen molar-refractivity contribution in [3.8, 4) is 0 Å². The van der Waals surface area contributed by atoms with Gasteiger partial charge in [0.15, 0.2) is 0 Å². The molecule has 1 amide bonds. The summed E-state index contributed by atoms with van der Waals surface area (Å²) < 4.78 is 0. The summed E-state index contributed by atoms with van der Waals surface area (Å²) in [6.45, 7) is 10.0. The highest BCUT2D eigenvalue weighted by Crippen LogP contribution is 2.18. The van der Waals surface area contributed by atoms with Gasteiger partial charge in [-0.05, 0) is 37.3 Å². The Bertz CT molecular complexity index is 464. The number of aryl methyl sites for hydroxylation is 2. The fourth-order valence-electron chi connectivity index (χ4n) is 2.81. The molecular formula is C17H26N2O. The van der Waals surface area contributed by atoms with Crippen molar-refractivity contribution in [1.82, 2.24) is 10.2 Å². The van der Waals surface area contributed by atoms with Crippen LogP contribution < -0.4 is 5.32 Å². The molecule has 1 aromatic rings. The Kier molecular flexibility index (Phi) is 5.18. The fourth-order valence-corrected chi connectivity index (χ4v) is 2.81. The van der Waals surface area contributed by atoms with Crippen LogP contribution in [-0.2, 0) is 11.2 Å². The molecule has 1 atom stereocenters. The number of carbonyl (C=O) groups excluding carboxylic acids is 1. The van der Waals surface area contributed by atoms with Gasteiger partial charge >= 0.3 is 0 Å². The van der Waals surface area contributed by atoms with E-state index in [1.165, 1.54) is 16.7 Å². The minimum atomic E-state index is 0.310. The second-order valence-electron chi connectivity index (χ2n) is 6.07. The van der Waals surface area contributed by atoms with E-state index in [9.17, 15) is 4.79 Å². The van der Waals surface area contributed by atoms with Gasteiger partial charge in [0.1, 0.15) is 0 Å². The lowest BCUT2D eigenvalue weighted by molar-refractivity contribution is -0.132. The van der Waals surface area contributed by atoms with Crippen LogP contribution in [0, 0.1) is 19.8 Å². The summed E-state index contributed by atoms with van der Waals surface area (Å²) in [5, 5.41) is 3.28. The SMILES string of the molecule is Cc1ccc(C)c(CC(C)CC(=O)N2CCNCC2)c1. The van der Waals surface area contributed by atoms with Gasteiger partial charge in [-0.2, -0.15) is 0 Å². The topological polar surface area (TPSA) is 32.3 Å². The van der Waals surface area contributed by atoms with E-state index in [4.69, 9.17) is 0 Å². The first-order valence-electron chi connectivity index (χ1n) is 7.61. The predicted octanol–water partition coefficient (Wildman–Crippen LogP) is 2.30. The molecule has 0 saturated carbocycles. The number of benzene rings is 1. The van der Waals surface area contributed by atoms with Gasteiger partial charge in [0.25, 0.3) is 0 Å². The van der Waals surface area contributed by atoms with Crippen LogP contribution in [0.1, 0.15) is 30.0 Å². The Balaban J connectivity index is 1.89. The largest absolute Gasteiger partial charge is 0.340 e. The van der Waals surface area contributed by atoms with E-state index >= 15 is 0 Å². The van der Waals surface area contributed by atoms with Crippen molar-refractivity contribution in [1.29, 1.82) is 0 Å². The van der Waals surface area contributed by atoms with E-state index in [1.807, 2.05) is 4.90 Å². The third-order valence-corrected chi connectivity index (χ3v) is 4.07. The van der Waals surface area contributed by atoms with Gasteiger partial charge in [-0.25, -0.2) is 0 Å². The Labute approximate surface area is 122 Å². The maximum Gasteiger partial charge on any atom is 0.222 e. The van der Waals surface area contributed by atoms with Gasteiger partial charge in [-0.3, -0.25) is 4.79 Å². The summed E-state index contributed by atoms with van der Waals surface area (Å²) in [7, 11) is 0. The third kappa shape index (κ3) is 4.07. The molecule has 1 heterocycles. The standard InChI is InChI=1S/C17H26N2O/c1-13-4-5-15(3)16(10-13)11-14(2)12-17(20)19-8-6-18-7-9-19/h4-5,10,14,18H,6-9,11-12H2,1-3H3. The molecule has 1 aromatic carbocycles. The molecule has 1 fully saturated rings. The van der Waals surface area contributed by atoms with Gasteiger partial charge < -0.3 is 10.2 Å². The highest BCUT2D eigenvalue weighted by atomic mass is 16.2. The number of rotatable bonds is 4. The summed E-state index contributed by atoms with van der Waals surface area (Å²) >= 11 is 0. The van der Waals surface area contributed by atoms with Crippen LogP contribution in [0.3, 0.4) is 0 Å². The Morgan fingerprint density at radius 1 is 1.30 bits per heavy atom. The predicted molar refractivity (Wildman–Crippen MR) is 82.9 cm³/mol. The molecule has 2 rings (SSSR count). The zero-order valence-electron chi connectivity index (χ0n) is 12.9. The lowest BCUT2D eigenvalue weighted by Crippen LogP contribution is -2.46. The molecular weight excluding hydrogens is 248 g/mol. The Hall–Kier alpha value is -1.35. The Morgan fingerprint density at radius 2 is 2.00 bits per heavy atom. The van der Waals surface area contributed by atoms with Crippen molar-refractivity contribution in [3.63, 3.8) is 0 Å². The smallest absolute Gasteiger partial charge is 0.222 e. The second kappa shape index (κ2) is 6.89. The number of piperazine rings is 1. The van der Waals surface area contributed by atoms with Crippen LogP contribution in [0.5, 0.6) is 0 Å². The minimum Gasteiger partial charge on any atom is -0.340 e. The fraction of sp³-hybridized carbons (Fsp3) is 0.588. The van der Waals surface area contributed by atoms with Crippen molar-refractivity contribution >= 4 is 5.91 Å². The van der Waals surface area contributed by atoms with Crippen LogP contribution >= 0.6 is 0 Å². The number of nitrogens with zero attached hydrogens (tertiary/aromatic N) is 1. The maximum atomic E-state index is 12.2. The number of carbonyl (C=O) groups is 1. The van der Waals surface area contributed by atoms with Crippen LogP contribution in [-0.4, -0.2) is 37.0 Å². The van der Waals surface area contributed by atoms with Crippen molar-refractivity contribution in [2.75, 3.05) is 26.2 Å². The highest BCUT2D eigenvalue weighted by molar-refractivity contribution is 5.76. The molecule has 1 saturated heterocycles. The summed E-state index contributed by atoms with van der Waals surface area (Å²) in [5.74, 6) is 0.710. The van der Waals surface area contributed by atoms with E-state index in [0.29, 0.717) is 18.2 Å². The molecule has 1 unspecified atom stereocenters. The summed E-state index contributed by atoms with van der Waals surface area (Å²) in [4.78, 5) is 14.2. The lowest BCUT2D eigenvalue weighted by Gasteiger charge is -2.28. The first-order valence-corrected chi connectivity index (χ1v) is 7.61. The average molecular weight is 274 g/mol. The number of hydrogen-bond donors (Lipinski definition) is 1. The van der Waals surface area contributed by atoms with E-state index in [0.717, 1.165) is 32.6 Å². The van der Waals surface area contributed by atoms with E-state index in [-0.39, 0.29) is 0 Å². The minimum absolute atomic E-state index is 0.310. The molecule has 1 aliphatic rings. The monoisotopic (exact) mass is 274 g/mol. The maximum absolute atomic E-state index is 12.2. The molecule has 110 valence electrons. The molecule has 0 aliphatic carbocycles. The summed E-state index contributed by atoms with van der Waals surface area (Å²) in [6, 6.07) is 6.58. The number of hydrogen-bond acceptors (Lipinski definition) is 2. The molecule has 3 heteroatoms. The first-order chi connectivity index (χ1) is 9.56. The summed E-state index contributed by atoms with van der Waals surface area (Å²) in [6.07, 6.45) is 1.65. The first kappa shape index (κ1) is 15.0. The molecule has 0 bridgehead atoms. The zero-order valence-corrected chi connectivity index (χ0v) is 12.9. The van der Waals surface area contributed by atoms with Crippen molar-refractivity contribution in [2.45, 2.75) is 33.6 Å². The zero-order chi connectivity index (χ0) is 14.5. The normalized spacial score (nSPS) is 17.1. The van der Waals surface area contributed by atoms with Crippen molar-refractivity contribution < 1.29 is 4.79 Å². The highest BCUT2D eigenvalue weighted by Gasteiger charge is 2.18. The number of nitrogens with one attached hydrogen (secondary N) is 1. The number of amides is 1. The van der Waals surface area contributed by atoms with Gasteiger partial charge in [0.2, 0.25) is 5.91 Å². The summed E-state index contributed by atoms with van der Waals surface area (Å²) in [5.41, 5.74) is 4.01. The molecule has 0 aromatic heterocycles. The quantitative estimate of drug-likeness (QED) is 0.914. The van der Waals surface area contributed by atoms with E-state index < -0.39 is 0 Å². The van der Waals surface area contributed by atoms with Gasteiger partial charge in [0, 0.05) is 32.6 Å². The lowest BCUT2D eigenvalue weighted by atomic mass is 9.93. The van der Waals surface area contributed by atoms with Crippen molar-refractivity contribution in [3.05, 3.63) is 34.9 Å². The van der Waals surface area contributed by atoms with Gasteiger partial charge in [-0.1, -0.05) is 30.7 Å². The van der Waals surface area contributed by atoms with Gasteiger partial charge in [0.05, 0.1) is 0 Å². The molecule has 1 aliphatic heterocycles.